The smallest absolute Gasteiger partial charge is 0.0912 e. The fourth-order valence-electron chi connectivity index (χ4n) is 1.21. The van der Waals surface area contributed by atoms with Gasteiger partial charge in [-0.15, -0.1) is 0 Å². The number of rotatable bonds is 3. The van der Waals surface area contributed by atoms with Crippen molar-refractivity contribution in [1.82, 2.24) is 0 Å². The Hall–Kier alpha value is -0.410. The number of halogens is 2. The summed E-state index contributed by atoms with van der Waals surface area (Å²) in [6.07, 6.45) is 0.377. The second kappa shape index (κ2) is 4.72. The maximum atomic E-state index is 12.0. The highest BCUT2D eigenvalue weighted by Crippen LogP contribution is 2.24. The molecule has 3 heteroatoms. The fourth-order valence-corrected chi connectivity index (χ4v) is 1.99. The van der Waals surface area contributed by atoms with Crippen LogP contribution in [-0.4, -0.2) is 6.67 Å². The van der Waals surface area contributed by atoms with Crippen LogP contribution >= 0.6 is 15.9 Å². The largest absolute Gasteiger partial charge is 0.324 e. The van der Waals surface area contributed by atoms with Crippen molar-refractivity contribution in [3.05, 3.63) is 33.8 Å². The van der Waals surface area contributed by atoms with E-state index in [9.17, 15) is 4.39 Å². The molecular weight excluding hydrogens is 233 g/mol. The summed E-state index contributed by atoms with van der Waals surface area (Å²) in [6, 6.07) is 5.71. The summed E-state index contributed by atoms with van der Waals surface area (Å²) >= 11 is 3.42. The molecule has 72 valence electrons. The zero-order valence-corrected chi connectivity index (χ0v) is 9.14. The summed E-state index contributed by atoms with van der Waals surface area (Å²) in [5.41, 5.74) is 7.93. The molecule has 1 nitrogen and oxygen atoms in total. The number of aryl methyl sites for hydroxylation is 1. The Morgan fingerprint density at radius 3 is 2.77 bits per heavy atom. The van der Waals surface area contributed by atoms with Crippen LogP contribution in [0, 0.1) is 6.92 Å². The molecule has 0 amide bonds. The van der Waals surface area contributed by atoms with Crippen LogP contribution in [0.5, 0.6) is 0 Å². The molecule has 0 spiro atoms. The Balaban J connectivity index is 2.88. The first-order chi connectivity index (χ1) is 6.15. The average molecular weight is 246 g/mol. The molecule has 1 rings (SSSR count). The van der Waals surface area contributed by atoms with Crippen LogP contribution in [0.2, 0.25) is 0 Å². The van der Waals surface area contributed by atoms with Gasteiger partial charge in [-0.25, -0.2) is 0 Å². The van der Waals surface area contributed by atoms with Gasteiger partial charge in [0, 0.05) is 10.5 Å². The van der Waals surface area contributed by atoms with Crippen LogP contribution in [0.3, 0.4) is 0 Å². The van der Waals surface area contributed by atoms with Gasteiger partial charge in [-0.05, 0) is 30.5 Å². The molecule has 0 saturated carbocycles. The molecule has 0 aliphatic rings. The van der Waals surface area contributed by atoms with Gasteiger partial charge in [-0.3, -0.25) is 4.39 Å². The molecule has 0 aliphatic carbocycles. The van der Waals surface area contributed by atoms with E-state index in [2.05, 4.69) is 15.9 Å². The molecule has 0 saturated heterocycles. The highest BCUT2D eigenvalue weighted by molar-refractivity contribution is 9.10. The van der Waals surface area contributed by atoms with Gasteiger partial charge in [0.25, 0.3) is 0 Å². The fraction of sp³-hybridized carbons (Fsp3) is 0.400. The highest BCUT2D eigenvalue weighted by Gasteiger charge is 2.08. The lowest BCUT2D eigenvalue weighted by Crippen LogP contribution is -2.11. The number of nitrogens with two attached hydrogens (primary N) is 1. The summed E-state index contributed by atoms with van der Waals surface area (Å²) < 4.78 is 13.0. The van der Waals surface area contributed by atoms with Crippen molar-refractivity contribution in [3.8, 4) is 0 Å². The third kappa shape index (κ3) is 2.78. The highest BCUT2D eigenvalue weighted by atomic mass is 79.9. The topological polar surface area (TPSA) is 26.0 Å². The van der Waals surface area contributed by atoms with E-state index in [4.69, 9.17) is 5.73 Å². The van der Waals surface area contributed by atoms with Gasteiger partial charge in [-0.2, -0.15) is 0 Å². The van der Waals surface area contributed by atoms with Crippen LogP contribution in [0.15, 0.2) is 22.7 Å². The first-order valence-electron chi connectivity index (χ1n) is 4.22. The van der Waals surface area contributed by atoms with Crippen LogP contribution < -0.4 is 5.73 Å². The standard InChI is InChI=1S/C10H13BrFN/c1-7-2-3-8(9(11)6-7)10(13)4-5-12/h2-3,6,10H,4-5,13H2,1H3/t10-/m1/s1. The molecule has 0 heterocycles. The summed E-state index contributed by atoms with van der Waals surface area (Å²) in [7, 11) is 0. The molecule has 13 heavy (non-hydrogen) atoms. The van der Waals surface area contributed by atoms with Crippen LogP contribution in [-0.2, 0) is 0 Å². The molecule has 1 aromatic rings. The predicted octanol–water partition coefficient (Wildman–Crippen LogP) is 3.12. The van der Waals surface area contributed by atoms with Gasteiger partial charge >= 0.3 is 0 Å². The Bertz CT molecular complexity index is 288. The van der Waals surface area contributed by atoms with Gasteiger partial charge in [0.05, 0.1) is 6.67 Å². The summed E-state index contributed by atoms with van der Waals surface area (Å²) in [5, 5.41) is 0. The second-order valence-corrected chi connectivity index (χ2v) is 3.96. The quantitative estimate of drug-likeness (QED) is 0.871. The van der Waals surface area contributed by atoms with E-state index in [1.807, 2.05) is 25.1 Å². The number of alkyl halides is 1. The average Bonchev–Trinajstić information content (AvgIpc) is 2.04. The Labute approximate surface area is 86.3 Å². The lowest BCUT2D eigenvalue weighted by Gasteiger charge is -2.12. The van der Waals surface area contributed by atoms with Crippen LogP contribution in [0.4, 0.5) is 4.39 Å². The van der Waals surface area contributed by atoms with Crippen molar-refractivity contribution in [3.63, 3.8) is 0 Å². The lowest BCUT2D eigenvalue weighted by molar-refractivity contribution is 0.441. The molecule has 1 aromatic carbocycles. The molecule has 0 radical (unpaired) electrons. The lowest BCUT2D eigenvalue weighted by atomic mass is 10.0. The minimum atomic E-state index is -0.374. The van der Waals surface area contributed by atoms with Crippen molar-refractivity contribution in [2.45, 2.75) is 19.4 Å². The van der Waals surface area contributed by atoms with E-state index in [1.54, 1.807) is 0 Å². The van der Waals surface area contributed by atoms with Gasteiger partial charge in [0.1, 0.15) is 0 Å². The molecule has 0 aliphatic heterocycles. The van der Waals surface area contributed by atoms with E-state index in [-0.39, 0.29) is 12.7 Å². The first-order valence-corrected chi connectivity index (χ1v) is 5.02. The molecule has 0 aromatic heterocycles. The second-order valence-electron chi connectivity index (χ2n) is 3.11. The Morgan fingerprint density at radius 1 is 1.54 bits per heavy atom. The van der Waals surface area contributed by atoms with Crippen LogP contribution in [0.1, 0.15) is 23.6 Å². The first kappa shape index (κ1) is 10.7. The van der Waals surface area contributed by atoms with E-state index in [0.717, 1.165) is 10.0 Å². The number of hydrogen-bond acceptors (Lipinski definition) is 1. The van der Waals surface area contributed by atoms with Crippen molar-refractivity contribution >= 4 is 15.9 Å². The zero-order chi connectivity index (χ0) is 9.84. The molecule has 2 N–H and O–H groups in total. The van der Waals surface area contributed by atoms with E-state index >= 15 is 0 Å². The molecular formula is C10H13BrFN. The molecule has 0 bridgehead atoms. The Morgan fingerprint density at radius 2 is 2.23 bits per heavy atom. The zero-order valence-electron chi connectivity index (χ0n) is 7.56. The molecule has 0 unspecified atom stereocenters. The Kier molecular flexibility index (Phi) is 3.88. The third-order valence-electron chi connectivity index (χ3n) is 1.98. The van der Waals surface area contributed by atoms with Gasteiger partial charge < -0.3 is 5.73 Å². The van der Waals surface area contributed by atoms with Crippen LogP contribution in [0.25, 0.3) is 0 Å². The van der Waals surface area contributed by atoms with E-state index in [0.29, 0.717) is 6.42 Å². The predicted molar refractivity (Wildman–Crippen MR) is 56.4 cm³/mol. The van der Waals surface area contributed by atoms with Gasteiger partial charge in [0.2, 0.25) is 0 Å². The van der Waals surface area contributed by atoms with Gasteiger partial charge in [0.15, 0.2) is 0 Å². The van der Waals surface area contributed by atoms with Crippen molar-refractivity contribution in [2.75, 3.05) is 6.67 Å². The minimum absolute atomic E-state index is 0.208. The summed E-state index contributed by atoms with van der Waals surface area (Å²) in [6.45, 7) is 1.64. The van der Waals surface area contributed by atoms with E-state index < -0.39 is 0 Å². The maximum Gasteiger partial charge on any atom is 0.0912 e. The van der Waals surface area contributed by atoms with Crippen molar-refractivity contribution in [1.29, 1.82) is 0 Å². The molecule has 1 atom stereocenters. The van der Waals surface area contributed by atoms with Crippen molar-refractivity contribution in [2.24, 2.45) is 5.73 Å². The number of benzene rings is 1. The maximum absolute atomic E-state index is 12.0. The normalized spacial score (nSPS) is 12.9. The number of hydrogen-bond donors (Lipinski definition) is 1. The summed E-state index contributed by atoms with van der Waals surface area (Å²) in [5.74, 6) is 0. The van der Waals surface area contributed by atoms with Crippen molar-refractivity contribution < 1.29 is 4.39 Å². The molecule has 0 fully saturated rings. The van der Waals surface area contributed by atoms with E-state index in [1.165, 1.54) is 5.56 Å². The minimum Gasteiger partial charge on any atom is -0.324 e. The third-order valence-corrected chi connectivity index (χ3v) is 2.66. The van der Waals surface area contributed by atoms with Gasteiger partial charge in [-0.1, -0.05) is 28.1 Å². The monoisotopic (exact) mass is 245 g/mol. The SMILES string of the molecule is Cc1ccc([C@H](N)CCF)c(Br)c1. The summed E-state index contributed by atoms with van der Waals surface area (Å²) in [4.78, 5) is 0.